The van der Waals surface area contributed by atoms with E-state index >= 15 is 0 Å². The Morgan fingerprint density at radius 3 is 2.46 bits per heavy atom. The number of hydrogen-bond acceptors (Lipinski definition) is 3. The molecule has 0 unspecified atom stereocenters. The van der Waals surface area contributed by atoms with Gasteiger partial charge in [-0.1, -0.05) is 41.4 Å². The molecule has 2 N–H and O–H groups in total. The first-order chi connectivity index (χ1) is 12.3. The van der Waals surface area contributed by atoms with Crippen molar-refractivity contribution in [2.75, 3.05) is 11.9 Å². The topological polar surface area (TPSA) is 75.3 Å². The number of amides is 2. The number of carbonyl (C=O) groups excluding carboxylic acids is 3. The highest BCUT2D eigenvalue weighted by molar-refractivity contribution is 6.35. The number of benzene rings is 2. The summed E-state index contributed by atoms with van der Waals surface area (Å²) in [6.07, 6.45) is 0.225. The molecular weight excluding hydrogens is 375 g/mol. The van der Waals surface area contributed by atoms with Crippen LogP contribution in [0.4, 0.5) is 5.69 Å². The summed E-state index contributed by atoms with van der Waals surface area (Å²) in [5.41, 5.74) is 1.83. The molecule has 0 aliphatic heterocycles. The first kappa shape index (κ1) is 19.9. The molecule has 0 heterocycles. The molecular formula is C19H18Cl2N2O3. The summed E-state index contributed by atoms with van der Waals surface area (Å²) < 4.78 is 0. The number of halogens is 2. The van der Waals surface area contributed by atoms with Gasteiger partial charge in [-0.05, 0) is 43.2 Å². The first-order valence-electron chi connectivity index (χ1n) is 7.96. The van der Waals surface area contributed by atoms with Crippen LogP contribution in [0.3, 0.4) is 0 Å². The molecule has 0 saturated heterocycles. The van der Waals surface area contributed by atoms with Gasteiger partial charge >= 0.3 is 0 Å². The molecule has 5 nitrogen and oxygen atoms in total. The SMILES string of the molecule is CC(=O)c1cccc(NC(=O)CC(=O)NCCc2ccc(Cl)cc2Cl)c1. The van der Waals surface area contributed by atoms with Crippen LogP contribution in [0.5, 0.6) is 0 Å². The lowest BCUT2D eigenvalue weighted by Crippen LogP contribution is -2.29. The zero-order valence-corrected chi connectivity index (χ0v) is 15.7. The van der Waals surface area contributed by atoms with Gasteiger partial charge < -0.3 is 10.6 Å². The molecule has 2 rings (SSSR count). The van der Waals surface area contributed by atoms with Crippen molar-refractivity contribution >= 4 is 46.5 Å². The number of ketones is 1. The van der Waals surface area contributed by atoms with Crippen LogP contribution in [0.1, 0.15) is 29.3 Å². The molecule has 0 bridgehead atoms. The molecule has 136 valence electrons. The van der Waals surface area contributed by atoms with Gasteiger partial charge in [-0.15, -0.1) is 0 Å². The summed E-state index contributed by atoms with van der Waals surface area (Å²) in [5.74, 6) is -0.942. The summed E-state index contributed by atoms with van der Waals surface area (Å²) in [4.78, 5) is 35.1. The Kier molecular flexibility index (Phi) is 7.18. The summed E-state index contributed by atoms with van der Waals surface area (Å²) >= 11 is 11.9. The predicted molar refractivity (Wildman–Crippen MR) is 103 cm³/mol. The molecule has 0 atom stereocenters. The smallest absolute Gasteiger partial charge is 0.233 e. The zero-order valence-electron chi connectivity index (χ0n) is 14.1. The molecule has 7 heteroatoms. The molecule has 0 radical (unpaired) electrons. The highest BCUT2D eigenvalue weighted by Gasteiger charge is 2.10. The van der Waals surface area contributed by atoms with Crippen molar-refractivity contribution in [1.82, 2.24) is 5.32 Å². The van der Waals surface area contributed by atoms with E-state index in [1.54, 1.807) is 42.5 Å². The summed E-state index contributed by atoms with van der Waals surface area (Å²) in [6, 6.07) is 11.7. The van der Waals surface area contributed by atoms with Crippen LogP contribution in [0.15, 0.2) is 42.5 Å². The third-order valence-electron chi connectivity index (χ3n) is 3.61. The Morgan fingerprint density at radius 1 is 1.00 bits per heavy atom. The molecule has 0 fully saturated rings. The second kappa shape index (κ2) is 9.36. The van der Waals surface area contributed by atoms with Crippen LogP contribution in [0.25, 0.3) is 0 Å². The molecule has 0 aromatic heterocycles. The Bertz CT molecular complexity index is 837. The van der Waals surface area contributed by atoms with Gasteiger partial charge in [-0.2, -0.15) is 0 Å². The monoisotopic (exact) mass is 392 g/mol. The molecule has 26 heavy (non-hydrogen) atoms. The van der Waals surface area contributed by atoms with Crippen LogP contribution < -0.4 is 10.6 Å². The number of anilines is 1. The predicted octanol–water partition coefficient (Wildman–Crippen LogP) is 3.88. The van der Waals surface area contributed by atoms with E-state index in [0.29, 0.717) is 34.3 Å². The molecule has 2 aromatic carbocycles. The maximum absolute atomic E-state index is 11.9. The fourth-order valence-corrected chi connectivity index (χ4v) is 2.79. The maximum atomic E-state index is 11.9. The number of carbonyl (C=O) groups is 3. The van der Waals surface area contributed by atoms with Crippen molar-refractivity contribution in [3.63, 3.8) is 0 Å². The largest absolute Gasteiger partial charge is 0.355 e. The Hall–Kier alpha value is -2.37. The van der Waals surface area contributed by atoms with Crippen LogP contribution in [-0.2, 0) is 16.0 Å². The summed E-state index contributed by atoms with van der Waals surface area (Å²) in [5, 5.41) is 6.36. The van der Waals surface area contributed by atoms with Gasteiger partial charge in [-0.25, -0.2) is 0 Å². The van der Waals surface area contributed by atoms with Crippen molar-refractivity contribution in [2.45, 2.75) is 19.8 Å². The van der Waals surface area contributed by atoms with Crippen molar-refractivity contribution in [3.05, 3.63) is 63.6 Å². The van der Waals surface area contributed by atoms with Gasteiger partial charge in [0.05, 0.1) is 0 Å². The van der Waals surface area contributed by atoms with Gasteiger partial charge in [0.15, 0.2) is 5.78 Å². The highest BCUT2D eigenvalue weighted by Crippen LogP contribution is 2.21. The van der Waals surface area contributed by atoms with Crippen LogP contribution in [-0.4, -0.2) is 24.1 Å². The Balaban J connectivity index is 1.79. The minimum Gasteiger partial charge on any atom is -0.355 e. The van der Waals surface area contributed by atoms with Gasteiger partial charge in [0.25, 0.3) is 0 Å². The van der Waals surface area contributed by atoms with Gasteiger partial charge in [0.2, 0.25) is 11.8 Å². The molecule has 2 aromatic rings. The molecule has 0 saturated carbocycles. The lowest BCUT2D eigenvalue weighted by molar-refractivity contribution is -0.126. The van der Waals surface area contributed by atoms with E-state index in [9.17, 15) is 14.4 Å². The van der Waals surface area contributed by atoms with Gasteiger partial charge in [0.1, 0.15) is 6.42 Å². The van der Waals surface area contributed by atoms with E-state index in [2.05, 4.69) is 10.6 Å². The second-order valence-electron chi connectivity index (χ2n) is 5.70. The Labute approximate surface area is 161 Å². The lowest BCUT2D eigenvalue weighted by Gasteiger charge is -2.08. The zero-order chi connectivity index (χ0) is 19.1. The standard InChI is InChI=1S/C19H18Cl2N2O3/c1-12(24)14-3-2-4-16(9-14)23-19(26)11-18(25)22-8-7-13-5-6-15(20)10-17(13)21/h2-6,9-10H,7-8,11H2,1H3,(H,22,25)(H,23,26). The van der Waals surface area contributed by atoms with E-state index < -0.39 is 11.8 Å². The minimum atomic E-state index is -0.451. The van der Waals surface area contributed by atoms with Crippen molar-refractivity contribution in [3.8, 4) is 0 Å². The number of hydrogen-bond donors (Lipinski definition) is 2. The average Bonchev–Trinajstić information content (AvgIpc) is 2.57. The van der Waals surface area contributed by atoms with Crippen molar-refractivity contribution in [2.24, 2.45) is 0 Å². The van der Waals surface area contributed by atoms with E-state index in [1.807, 2.05) is 0 Å². The third-order valence-corrected chi connectivity index (χ3v) is 4.19. The van der Waals surface area contributed by atoms with Crippen molar-refractivity contribution < 1.29 is 14.4 Å². The maximum Gasteiger partial charge on any atom is 0.233 e. The normalized spacial score (nSPS) is 10.3. The number of Topliss-reactive ketones (excluding diaryl/α,β-unsaturated/α-hetero) is 1. The first-order valence-corrected chi connectivity index (χ1v) is 8.72. The highest BCUT2D eigenvalue weighted by atomic mass is 35.5. The van der Waals surface area contributed by atoms with E-state index in [4.69, 9.17) is 23.2 Å². The Morgan fingerprint density at radius 2 is 1.77 bits per heavy atom. The minimum absolute atomic E-state index is 0.0975. The molecule has 0 spiro atoms. The van der Waals surface area contributed by atoms with Crippen molar-refractivity contribution in [1.29, 1.82) is 0 Å². The van der Waals surface area contributed by atoms with Crippen LogP contribution in [0, 0.1) is 0 Å². The van der Waals surface area contributed by atoms with Gasteiger partial charge in [0, 0.05) is 27.8 Å². The lowest BCUT2D eigenvalue weighted by atomic mass is 10.1. The van der Waals surface area contributed by atoms with Gasteiger partial charge in [-0.3, -0.25) is 14.4 Å². The fourth-order valence-electron chi connectivity index (χ4n) is 2.29. The molecule has 2 amide bonds. The number of rotatable bonds is 7. The summed E-state index contributed by atoms with van der Waals surface area (Å²) in [7, 11) is 0. The number of nitrogens with one attached hydrogen (secondary N) is 2. The van der Waals surface area contributed by atoms with E-state index in [-0.39, 0.29) is 12.2 Å². The fraction of sp³-hybridized carbons (Fsp3) is 0.211. The second-order valence-corrected chi connectivity index (χ2v) is 6.54. The van der Waals surface area contributed by atoms with Crippen LogP contribution in [0.2, 0.25) is 10.0 Å². The average molecular weight is 393 g/mol. The third kappa shape index (κ3) is 6.17. The van der Waals surface area contributed by atoms with E-state index in [0.717, 1.165) is 5.56 Å². The molecule has 0 aliphatic carbocycles. The molecule has 0 aliphatic rings. The quantitative estimate of drug-likeness (QED) is 0.554. The van der Waals surface area contributed by atoms with Crippen LogP contribution >= 0.6 is 23.2 Å². The van der Waals surface area contributed by atoms with E-state index in [1.165, 1.54) is 6.92 Å². The summed E-state index contributed by atoms with van der Waals surface area (Å²) in [6.45, 7) is 1.80.